The van der Waals surface area contributed by atoms with Gasteiger partial charge in [0.05, 0.1) is 12.2 Å². The van der Waals surface area contributed by atoms with Crippen molar-refractivity contribution in [1.29, 1.82) is 0 Å². The maximum atomic E-state index is 11.7. The van der Waals surface area contributed by atoms with Crippen LogP contribution in [0, 0.1) is 0 Å². The van der Waals surface area contributed by atoms with Gasteiger partial charge in [-0.2, -0.15) is 0 Å². The zero-order valence-corrected chi connectivity index (χ0v) is 12.2. The Hall–Kier alpha value is -1.53. The Bertz CT molecular complexity index is 517. The summed E-state index contributed by atoms with van der Waals surface area (Å²) < 4.78 is 0. The molecule has 106 valence electrons. The number of imide groups is 1. The Balaban J connectivity index is 1.74. The number of nitrogens with one attached hydrogen (secondary N) is 1. The van der Waals surface area contributed by atoms with Crippen LogP contribution < -0.4 is 5.32 Å². The maximum Gasteiger partial charge on any atom is 0.288 e. The molecule has 20 heavy (non-hydrogen) atoms. The van der Waals surface area contributed by atoms with E-state index in [1.54, 1.807) is 24.3 Å². The number of nitrogens with zero attached hydrogens (tertiary/aromatic N) is 1. The van der Waals surface area contributed by atoms with Crippen molar-refractivity contribution in [3.63, 3.8) is 0 Å². The summed E-state index contributed by atoms with van der Waals surface area (Å²) in [6, 6.07) is 7.02. The van der Waals surface area contributed by atoms with Crippen LogP contribution in [0.1, 0.15) is 5.56 Å². The number of rotatable bonds is 5. The van der Waals surface area contributed by atoms with Crippen molar-refractivity contribution in [1.82, 2.24) is 10.2 Å². The van der Waals surface area contributed by atoms with Gasteiger partial charge in [0.25, 0.3) is 5.24 Å². The lowest BCUT2D eigenvalue weighted by atomic mass is 10.1. The molecule has 0 aromatic heterocycles. The minimum Gasteiger partial charge on any atom is -0.354 e. The smallest absolute Gasteiger partial charge is 0.288 e. The number of thioether (sulfide) groups is 1. The molecule has 7 heteroatoms. The van der Waals surface area contributed by atoms with Gasteiger partial charge >= 0.3 is 0 Å². The third-order valence-electron chi connectivity index (χ3n) is 2.78. The van der Waals surface area contributed by atoms with E-state index >= 15 is 0 Å². The molecule has 0 radical (unpaired) electrons. The first-order valence-corrected chi connectivity index (χ1v) is 7.41. The quantitative estimate of drug-likeness (QED) is 0.898. The van der Waals surface area contributed by atoms with E-state index in [9.17, 15) is 14.4 Å². The van der Waals surface area contributed by atoms with Crippen molar-refractivity contribution in [2.24, 2.45) is 0 Å². The average Bonchev–Trinajstić information content (AvgIpc) is 2.73. The normalized spacial score (nSPS) is 14.8. The molecular weight excluding hydrogens is 300 g/mol. The first kappa shape index (κ1) is 14.9. The minimum absolute atomic E-state index is 0.154. The number of carbonyl (C=O) groups excluding carboxylic acids is 3. The molecular formula is C13H13ClN2O3S. The summed E-state index contributed by atoms with van der Waals surface area (Å²) in [5.74, 6) is -0.164. The summed E-state index contributed by atoms with van der Waals surface area (Å²) in [7, 11) is 0. The van der Waals surface area contributed by atoms with Crippen molar-refractivity contribution < 1.29 is 14.4 Å². The lowest BCUT2D eigenvalue weighted by molar-refractivity contribution is -0.125. The number of hydrogen-bond donors (Lipinski definition) is 1. The summed E-state index contributed by atoms with van der Waals surface area (Å²) in [5.41, 5.74) is 0.857. The molecule has 5 nitrogen and oxygen atoms in total. The SMILES string of the molecule is O=C(Cc1ccc(Cl)cc1)NCCN1C(=O)CSC1=O. The molecule has 1 heterocycles. The Labute approximate surface area is 125 Å². The highest BCUT2D eigenvalue weighted by Gasteiger charge is 2.29. The largest absolute Gasteiger partial charge is 0.354 e. The van der Waals surface area contributed by atoms with Crippen molar-refractivity contribution in [3.05, 3.63) is 34.9 Å². The van der Waals surface area contributed by atoms with E-state index in [-0.39, 0.29) is 42.3 Å². The van der Waals surface area contributed by atoms with E-state index in [4.69, 9.17) is 11.6 Å². The summed E-state index contributed by atoms with van der Waals surface area (Å²) >= 11 is 6.75. The predicted molar refractivity (Wildman–Crippen MR) is 77.7 cm³/mol. The predicted octanol–water partition coefficient (Wildman–Crippen LogP) is 1.69. The summed E-state index contributed by atoms with van der Waals surface area (Å²) in [6.45, 7) is 0.488. The van der Waals surface area contributed by atoms with Gasteiger partial charge in [-0.3, -0.25) is 19.3 Å². The lowest BCUT2D eigenvalue weighted by Crippen LogP contribution is -2.37. The standard InChI is InChI=1S/C13H13ClN2O3S/c14-10-3-1-9(2-4-10)7-11(17)15-5-6-16-12(18)8-20-13(16)19/h1-4H,5-8H2,(H,15,17). The molecule has 1 saturated heterocycles. The first-order chi connectivity index (χ1) is 9.56. The molecule has 0 aliphatic carbocycles. The number of benzene rings is 1. The summed E-state index contributed by atoms with van der Waals surface area (Å²) in [4.78, 5) is 35.5. The molecule has 0 atom stereocenters. The second kappa shape index (κ2) is 6.76. The van der Waals surface area contributed by atoms with Crippen LogP contribution >= 0.6 is 23.4 Å². The first-order valence-electron chi connectivity index (χ1n) is 6.04. The van der Waals surface area contributed by atoms with Crippen LogP contribution in [0.25, 0.3) is 0 Å². The molecule has 3 amide bonds. The van der Waals surface area contributed by atoms with Gasteiger partial charge in [-0.15, -0.1) is 0 Å². The Kier molecular flexibility index (Phi) is 5.03. The van der Waals surface area contributed by atoms with Crippen LogP contribution in [0.3, 0.4) is 0 Å². The number of amides is 3. The van der Waals surface area contributed by atoms with Gasteiger partial charge in [-0.25, -0.2) is 0 Å². The fraction of sp³-hybridized carbons (Fsp3) is 0.308. The topological polar surface area (TPSA) is 66.5 Å². The fourth-order valence-electron chi connectivity index (χ4n) is 1.75. The highest BCUT2D eigenvalue weighted by Crippen LogP contribution is 2.17. The van der Waals surface area contributed by atoms with Crippen LogP contribution in [0.2, 0.25) is 5.02 Å². The van der Waals surface area contributed by atoms with Crippen LogP contribution in [0.4, 0.5) is 4.79 Å². The number of hydrogen-bond acceptors (Lipinski definition) is 4. The van der Waals surface area contributed by atoms with Gasteiger partial charge < -0.3 is 5.32 Å². The van der Waals surface area contributed by atoms with Crippen molar-refractivity contribution in [3.8, 4) is 0 Å². The van der Waals surface area contributed by atoms with E-state index in [1.165, 1.54) is 0 Å². The molecule has 1 aromatic rings. The molecule has 1 fully saturated rings. The van der Waals surface area contributed by atoms with Crippen molar-refractivity contribution in [2.75, 3.05) is 18.8 Å². The van der Waals surface area contributed by atoms with Crippen LogP contribution in [0.5, 0.6) is 0 Å². The second-order valence-electron chi connectivity index (χ2n) is 4.25. The van der Waals surface area contributed by atoms with Gasteiger partial charge in [0.15, 0.2) is 0 Å². The van der Waals surface area contributed by atoms with Gasteiger partial charge in [0.1, 0.15) is 0 Å². The maximum absolute atomic E-state index is 11.7. The van der Waals surface area contributed by atoms with Crippen LogP contribution in [0.15, 0.2) is 24.3 Å². The monoisotopic (exact) mass is 312 g/mol. The molecule has 2 rings (SSSR count). The Morgan fingerprint density at radius 3 is 2.60 bits per heavy atom. The third-order valence-corrected chi connectivity index (χ3v) is 3.89. The van der Waals surface area contributed by atoms with Crippen molar-refractivity contribution >= 4 is 40.4 Å². The molecule has 0 spiro atoms. The molecule has 1 aliphatic rings. The third kappa shape index (κ3) is 3.98. The highest BCUT2D eigenvalue weighted by atomic mass is 35.5. The Morgan fingerprint density at radius 2 is 2.00 bits per heavy atom. The zero-order valence-electron chi connectivity index (χ0n) is 10.6. The highest BCUT2D eigenvalue weighted by molar-refractivity contribution is 8.14. The summed E-state index contributed by atoms with van der Waals surface area (Å²) in [5, 5.41) is 3.06. The average molecular weight is 313 g/mol. The van der Waals surface area contributed by atoms with Gasteiger partial charge in [-0.05, 0) is 17.7 Å². The van der Waals surface area contributed by atoms with E-state index < -0.39 is 0 Å². The lowest BCUT2D eigenvalue weighted by Gasteiger charge is -2.13. The second-order valence-corrected chi connectivity index (χ2v) is 5.62. The zero-order chi connectivity index (χ0) is 14.5. The summed E-state index contributed by atoms with van der Waals surface area (Å²) in [6.07, 6.45) is 0.244. The van der Waals surface area contributed by atoms with Gasteiger partial charge in [0.2, 0.25) is 11.8 Å². The van der Waals surface area contributed by atoms with Crippen molar-refractivity contribution in [2.45, 2.75) is 6.42 Å². The molecule has 0 saturated carbocycles. The fourth-order valence-corrected chi connectivity index (χ4v) is 2.63. The van der Waals surface area contributed by atoms with E-state index in [0.29, 0.717) is 5.02 Å². The number of halogens is 1. The molecule has 1 N–H and O–H groups in total. The van der Waals surface area contributed by atoms with Crippen LogP contribution in [-0.2, 0) is 16.0 Å². The van der Waals surface area contributed by atoms with E-state index in [0.717, 1.165) is 22.2 Å². The molecule has 1 aliphatic heterocycles. The van der Waals surface area contributed by atoms with Gasteiger partial charge in [0, 0.05) is 18.1 Å². The van der Waals surface area contributed by atoms with Crippen LogP contribution in [-0.4, -0.2) is 40.8 Å². The van der Waals surface area contributed by atoms with E-state index in [1.807, 2.05) is 0 Å². The van der Waals surface area contributed by atoms with Gasteiger partial charge in [-0.1, -0.05) is 35.5 Å². The molecule has 0 unspecified atom stereocenters. The Morgan fingerprint density at radius 1 is 1.30 bits per heavy atom. The number of carbonyl (C=O) groups is 3. The molecule has 1 aromatic carbocycles. The van der Waals surface area contributed by atoms with E-state index in [2.05, 4.69) is 5.32 Å². The molecule has 0 bridgehead atoms. The minimum atomic E-state index is -0.248.